The number of Topliss-reactive ketones (excluding diaryl/α,β-unsaturated/α-hetero) is 1. The Morgan fingerprint density at radius 1 is 0.978 bits per heavy atom. The number of fused-ring (bicyclic) bond motifs is 2. The van der Waals surface area contributed by atoms with Crippen molar-refractivity contribution in [2.45, 2.75) is 36.7 Å². The average molecular weight is 671 g/mol. The molecule has 0 radical (unpaired) electrons. The Kier molecular flexibility index (Phi) is 10.7. The molecule has 3 aromatic rings. The van der Waals surface area contributed by atoms with Crippen LogP contribution in [-0.4, -0.2) is 79.5 Å². The van der Waals surface area contributed by atoms with Crippen LogP contribution >= 0.6 is 0 Å². The molecule has 3 atom stereocenters. The van der Waals surface area contributed by atoms with Crippen molar-refractivity contribution < 1.29 is 40.7 Å². The number of nitrogens with zero attached hydrogens (tertiary/aromatic N) is 1. The highest BCUT2D eigenvalue weighted by Gasteiger charge is 2.43. The van der Waals surface area contributed by atoms with Gasteiger partial charge in [0.2, 0.25) is 21.7 Å². The summed E-state index contributed by atoms with van der Waals surface area (Å²) >= 11 is -1.88. The van der Waals surface area contributed by atoms with Crippen molar-refractivity contribution in [2.24, 2.45) is 0 Å². The van der Waals surface area contributed by atoms with Crippen LogP contribution in [0, 0.1) is 0 Å². The van der Waals surface area contributed by atoms with E-state index >= 15 is 0 Å². The summed E-state index contributed by atoms with van der Waals surface area (Å²) in [5, 5.41) is 5.12. The van der Waals surface area contributed by atoms with Gasteiger partial charge >= 0.3 is 0 Å². The summed E-state index contributed by atoms with van der Waals surface area (Å²) in [4.78, 5) is 40.1. The quantitative estimate of drug-likeness (QED) is 0.178. The number of benzene rings is 3. The van der Waals surface area contributed by atoms with E-state index in [1.807, 2.05) is 0 Å². The molecule has 2 aliphatic heterocycles. The first-order valence-corrected chi connectivity index (χ1v) is 17.2. The SMILES string of the molecule is CCN1C(C(=O)NC(Cc2ccccc2)C(=O)C(=O)NCCNS(=O)Oc2ccccc2)Cc2cc3c(cc2S1(=O)=O)OCCO3. The van der Waals surface area contributed by atoms with Crippen molar-refractivity contribution in [3.8, 4) is 17.2 Å². The molecule has 2 heterocycles. The molecule has 3 unspecified atom stereocenters. The molecular formula is C31H34N4O9S2. The van der Waals surface area contributed by atoms with Gasteiger partial charge in [-0.25, -0.2) is 13.1 Å². The fraction of sp³-hybridized carbons (Fsp3) is 0.323. The lowest BCUT2D eigenvalue weighted by molar-refractivity contribution is -0.140. The molecule has 0 spiro atoms. The third kappa shape index (κ3) is 7.73. The zero-order chi connectivity index (χ0) is 32.7. The van der Waals surface area contributed by atoms with Crippen LogP contribution in [0.1, 0.15) is 18.1 Å². The van der Waals surface area contributed by atoms with Gasteiger partial charge in [0.25, 0.3) is 17.2 Å². The number of ketones is 1. The van der Waals surface area contributed by atoms with Crippen LogP contribution in [0.2, 0.25) is 0 Å². The Hall–Kier alpha value is -4.31. The van der Waals surface area contributed by atoms with Crippen molar-refractivity contribution >= 4 is 38.9 Å². The second-order valence-corrected chi connectivity index (χ2v) is 13.2. The van der Waals surface area contributed by atoms with E-state index in [0.29, 0.717) is 35.0 Å². The smallest absolute Gasteiger partial charge is 0.289 e. The molecular weight excluding hydrogens is 636 g/mol. The second kappa shape index (κ2) is 14.9. The molecule has 13 nitrogen and oxygen atoms in total. The summed E-state index contributed by atoms with van der Waals surface area (Å²) < 4.78 is 59.5. The average Bonchev–Trinajstić information content (AvgIpc) is 3.06. The minimum atomic E-state index is -4.10. The Morgan fingerprint density at radius 2 is 1.63 bits per heavy atom. The van der Waals surface area contributed by atoms with E-state index in [2.05, 4.69) is 15.4 Å². The Labute approximate surface area is 269 Å². The number of ether oxygens (including phenoxy) is 2. The van der Waals surface area contributed by atoms with Gasteiger partial charge in [-0.15, -0.1) is 0 Å². The Morgan fingerprint density at radius 3 is 2.30 bits per heavy atom. The molecule has 244 valence electrons. The van der Waals surface area contributed by atoms with E-state index in [1.165, 1.54) is 6.07 Å². The lowest BCUT2D eigenvalue weighted by Crippen LogP contribution is -2.57. The minimum Gasteiger partial charge on any atom is -0.486 e. The number of sulfonamides is 1. The first kappa shape index (κ1) is 33.1. The highest BCUT2D eigenvalue weighted by atomic mass is 32.2. The van der Waals surface area contributed by atoms with Crippen LogP contribution in [0.25, 0.3) is 0 Å². The monoisotopic (exact) mass is 670 g/mol. The molecule has 3 N–H and O–H groups in total. The molecule has 3 aromatic carbocycles. The number of likely N-dealkylation sites (N-methyl/N-ethyl adjacent to an activating group) is 1. The van der Waals surface area contributed by atoms with E-state index < -0.39 is 51.0 Å². The van der Waals surface area contributed by atoms with Crippen LogP contribution in [0.4, 0.5) is 0 Å². The highest BCUT2D eigenvalue weighted by Crippen LogP contribution is 2.39. The highest BCUT2D eigenvalue weighted by molar-refractivity contribution is 7.89. The predicted octanol–water partition coefficient (Wildman–Crippen LogP) is 1.05. The number of carbonyl (C=O) groups is 3. The van der Waals surface area contributed by atoms with E-state index in [0.717, 1.165) is 4.31 Å². The van der Waals surface area contributed by atoms with Crippen LogP contribution < -0.4 is 29.0 Å². The Bertz CT molecular complexity index is 1710. The van der Waals surface area contributed by atoms with Gasteiger partial charge < -0.3 is 24.3 Å². The topological polar surface area (TPSA) is 169 Å². The number of rotatable bonds is 13. The number of hydrogen-bond acceptors (Lipinski definition) is 9. The Balaban J connectivity index is 1.27. The summed E-state index contributed by atoms with van der Waals surface area (Å²) in [7, 11) is -4.10. The molecule has 0 bridgehead atoms. The van der Waals surface area contributed by atoms with Crippen molar-refractivity contribution in [2.75, 3.05) is 32.8 Å². The lowest BCUT2D eigenvalue weighted by atomic mass is 9.99. The third-order valence-corrected chi connectivity index (χ3v) is 10.2. The van der Waals surface area contributed by atoms with Crippen molar-refractivity contribution in [1.82, 2.24) is 19.7 Å². The minimum absolute atomic E-state index is 0.00551. The molecule has 0 aromatic heterocycles. The maximum absolute atomic E-state index is 13.8. The van der Waals surface area contributed by atoms with Gasteiger partial charge in [0.1, 0.15) is 31.0 Å². The van der Waals surface area contributed by atoms with Crippen molar-refractivity contribution in [3.63, 3.8) is 0 Å². The maximum Gasteiger partial charge on any atom is 0.289 e. The molecule has 46 heavy (non-hydrogen) atoms. The third-order valence-electron chi connectivity index (χ3n) is 7.37. The molecule has 0 fully saturated rings. The van der Waals surface area contributed by atoms with E-state index in [9.17, 15) is 27.0 Å². The largest absolute Gasteiger partial charge is 0.486 e. The van der Waals surface area contributed by atoms with Gasteiger partial charge in [0.15, 0.2) is 11.5 Å². The van der Waals surface area contributed by atoms with Crippen LogP contribution in [-0.2, 0) is 48.5 Å². The summed E-state index contributed by atoms with van der Waals surface area (Å²) in [6, 6.07) is 17.9. The summed E-state index contributed by atoms with van der Waals surface area (Å²) in [5.41, 5.74) is 1.07. The first-order chi connectivity index (χ1) is 22.2. The predicted molar refractivity (Wildman–Crippen MR) is 168 cm³/mol. The molecule has 2 aliphatic rings. The number of hydrogen-bond donors (Lipinski definition) is 3. The van der Waals surface area contributed by atoms with Gasteiger partial charge in [0, 0.05) is 32.1 Å². The number of nitrogens with one attached hydrogen (secondary N) is 3. The fourth-order valence-electron chi connectivity index (χ4n) is 5.21. The van der Waals surface area contributed by atoms with Gasteiger partial charge in [-0.2, -0.15) is 8.51 Å². The van der Waals surface area contributed by atoms with E-state index in [-0.39, 0.29) is 44.0 Å². The summed E-state index contributed by atoms with van der Waals surface area (Å²) in [6.07, 6.45) is 0.0179. The maximum atomic E-state index is 13.8. The van der Waals surface area contributed by atoms with Crippen LogP contribution in [0.3, 0.4) is 0 Å². The van der Waals surface area contributed by atoms with Gasteiger partial charge in [-0.05, 0) is 35.7 Å². The molecule has 15 heteroatoms. The molecule has 0 aliphatic carbocycles. The van der Waals surface area contributed by atoms with Crippen molar-refractivity contribution in [1.29, 1.82) is 0 Å². The normalized spacial score (nSPS) is 18.0. The zero-order valence-electron chi connectivity index (χ0n) is 25.0. The van der Waals surface area contributed by atoms with E-state index in [1.54, 1.807) is 73.7 Å². The molecule has 2 amide bonds. The number of carbonyl (C=O) groups excluding carboxylic acids is 3. The zero-order valence-corrected chi connectivity index (χ0v) is 26.6. The summed E-state index contributed by atoms with van der Waals surface area (Å²) in [5.74, 6) is -1.50. The van der Waals surface area contributed by atoms with Crippen LogP contribution in [0.15, 0.2) is 77.7 Å². The van der Waals surface area contributed by atoms with Gasteiger partial charge in [-0.3, -0.25) is 14.4 Å². The first-order valence-electron chi connectivity index (χ1n) is 14.7. The van der Waals surface area contributed by atoms with Crippen molar-refractivity contribution in [3.05, 3.63) is 83.9 Å². The fourth-order valence-corrected chi connectivity index (χ4v) is 7.65. The van der Waals surface area contributed by atoms with E-state index in [4.69, 9.17) is 13.7 Å². The molecule has 0 saturated heterocycles. The number of para-hydroxylation sites is 1. The standard InChI is InChI=1S/C31H34N4O9S2/c1-2-35-25(18-22-19-26-27(43-16-15-42-26)20-28(22)46(35,40)41)30(37)34-24(17-21-9-5-3-6-10-21)29(36)31(38)32-13-14-33-45(39)44-23-11-7-4-8-12-23/h3-12,19-20,24-25,33H,2,13-18H2,1H3,(H,32,38)(H,34,37). The second-order valence-electron chi connectivity index (χ2n) is 10.4. The number of amides is 2. The summed E-state index contributed by atoms with van der Waals surface area (Å²) in [6.45, 7) is 2.18. The van der Waals surface area contributed by atoms with Gasteiger partial charge in [0.05, 0.1) is 4.90 Å². The van der Waals surface area contributed by atoms with Crippen LogP contribution in [0.5, 0.6) is 17.2 Å². The lowest BCUT2D eigenvalue weighted by Gasteiger charge is -2.35. The molecule has 5 rings (SSSR count). The molecule has 0 saturated carbocycles. The van der Waals surface area contributed by atoms with Gasteiger partial charge in [-0.1, -0.05) is 55.5 Å².